The Labute approximate surface area is 118 Å². The number of hydrogen-bond acceptors (Lipinski definition) is 3. The number of amides is 1. The number of thiophene rings is 1. The molecule has 18 heavy (non-hydrogen) atoms. The van der Waals surface area contributed by atoms with E-state index in [-0.39, 0.29) is 5.91 Å². The molecule has 0 aliphatic carbocycles. The number of rotatable bonds is 4. The monoisotopic (exact) mass is 324 g/mol. The molecule has 2 aromatic rings. The highest BCUT2D eigenvalue weighted by atomic mass is 79.9. The first-order valence-electron chi connectivity index (χ1n) is 5.43. The first-order valence-corrected chi connectivity index (χ1v) is 7.10. The van der Waals surface area contributed by atoms with E-state index in [0.717, 1.165) is 20.6 Å². The molecule has 1 heterocycles. The fourth-order valence-corrected chi connectivity index (χ4v) is 3.34. The van der Waals surface area contributed by atoms with Crippen molar-refractivity contribution in [2.45, 2.75) is 13.0 Å². The van der Waals surface area contributed by atoms with E-state index in [1.54, 1.807) is 0 Å². The van der Waals surface area contributed by atoms with Crippen LogP contribution >= 0.6 is 27.3 Å². The van der Waals surface area contributed by atoms with E-state index in [9.17, 15) is 4.79 Å². The first-order chi connectivity index (χ1) is 8.58. The van der Waals surface area contributed by atoms with Gasteiger partial charge in [-0.2, -0.15) is 0 Å². The Kier molecular flexibility index (Phi) is 4.04. The zero-order valence-electron chi connectivity index (χ0n) is 9.81. The van der Waals surface area contributed by atoms with Crippen LogP contribution in [-0.2, 0) is 4.79 Å². The summed E-state index contributed by atoms with van der Waals surface area (Å²) in [6, 6.07) is 9.25. The number of benzene rings is 1. The van der Waals surface area contributed by atoms with E-state index in [4.69, 9.17) is 5.73 Å². The molecule has 0 aliphatic rings. The summed E-state index contributed by atoms with van der Waals surface area (Å²) >= 11 is 4.92. The van der Waals surface area contributed by atoms with Gasteiger partial charge in [0.15, 0.2) is 0 Å². The Morgan fingerprint density at radius 1 is 1.44 bits per heavy atom. The van der Waals surface area contributed by atoms with Gasteiger partial charge in [-0.25, -0.2) is 0 Å². The van der Waals surface area contributed by atoms with Crippen LogP contribution in [0.3, 0.4) is 0 Å². The lowest BCUT2D eigenvalue weighted by molar-refractivity contribution is -0.118. The van der Waals surface area contributed by atoms with Gasteiger partial charge in [0.05, 0.1) is 4.88 Å². The number of halogens is 1. The molecule has 2 rings (SSSR count). The van der Waals surface area contributed by atoms with Crippen LogP contribution < -0.4 is 11.1 Å². The highest BCUT2D eigenvalue weighted by Crippen LogP contribution is 2.31. The van der Waals surface area contributed by atoms with Crippen molar-refractivity contribution in [3.63, 3.8) is 0 Å². The van der Waals surface area contributed by atoms with Crippen LogP contribution in [0.4, 0.5) is 5.69 Å². The maximum atomic E-state index is 11.6. The van der Waals surface area contributed by atoms with E-state index in [1.165, 1.54) is 11.3 Å². The second-order valence-electron chi connectivity index (χ2n) is 3.98. The summed E-state index contributed by atoms with van der Waals surface area (Å²) in [7, 11) is 0. The van der Waals surface area contributed by atoms with Crippen molar-refractivity contribution in [1.82, 2.24) is 0 Å². The quantitative estimate of drug-likeness (QED) is 0.904. The number of aryl methyl sites for hydroxylation is 1. The molecule has 3 nitrogen and oxygen atoms in total. The van der Waals surface area contributed by atoms with E-state index >= 15 is 0 Å². The molecular weight excluding hydrogens is 312 g/mol. The molecule has 3 N–H and O–H groups in total. The lowest BCUT2D eigenvalue weighted by Crippen LogP contribution is -2.27. The molecule has 1 aromatic heterocycles. The molecule has 0 bridgehead atoms. The predicted molar refractivity (Wildman–Crippen MR) is 78.8 cm³/mol. The average molecular weight is 325 g/mol. The molecule has 0 saturated heterocycles. The minimum absolute atomic E-state index is 0.389. The number of anilines is 1. The van der Waals surface area contributed by atoms with Crippen molar-refractivity contribution in [3.05, 3.63) is 50.6 Å². The van der Waals surface area contributed by atoms with E-state index in [1.807, 2.05) is 42.6 Å². The number of primary amides is 1. The predicted octanol–water partition coefficient (Wildman–Crippen LogP) is 3.46. The summed E-state index contributed by atoms with van der Waals surface area (Å²) in [5, 5.41) is 5.09. The molecule has 0 fully saturated rings. The molecule has 0 aliphatic heterocycles. The molecule has 0 saturated carbocycles. The largest absolute Gasteiger partial charge is 0.369 e. The van der Waals surface area contributed by atoms with Gasteiger partial charge < -0.3 is 11.1 Å². The van der Waals surface area contributed by atoms with Crippen LogP contribution in [0.25, 0.3) is 0 Å². The Hall–Kier alpha value is -1.33. The Balaban J connectivity index is 2.28. The summed E-state index contributed by atoms with van der Waals surface area (Å²) in [5.41, 5.74) is 7.49. The molecule has 1 atom stereocenters. The molecule has 5 heteroatoms. The van der Waals surface area contributed by atoms with Crippen molar-refractivity contribution in [2.24, 2.45) is 5.73 Å². The third kappa shape index (κ3) is 2.91. The van der Waals surface area contributed by atoms with Crippen molar-refractivity contribution in [1.29, 1.82) is 0 Å². The van der Waals surface area contributed by atoms with E-state index in [0.29, 0.717) is 0 Å². The fraction of sp³-hybridized carbons (Fsp3) is 0.154. The van der Waals surface area contributed by atoms with Crippen LogP contribution in [0.2, 0.25) is 0 Å². The molecular formula is C13H13BrN2OS. The topological polar surface area (TPSA) is 55.1 Å². The van der Waals surface area contributed by atoms with Gasteiger partial charge in [0.2, 0.25) is 5.91 Å². The van der Waals surface area contributed by atoms with Gasteiger partial charge in [-0.1, -0.05) is 12.1 Å². The number of hydrogen-bond donors (Lipinski definition) is 2. The highest BCUT2D eigenvalue weighted by Gasteiger charge is 2.21. The number of nitrogens with one attached hydrogen (secondary N) is 1. The second-order valence-corrected chi connectivity index (χ2v) is 5.78. The van der Waals surface area contributed by atoms with Crippen molar-refractivity contribution < 1.29 is 4.79 Å². The van der Waals surface area contributed by atoms with Crippen molar-refractivity contribution in [3.8, 4) is 0 Å². The summed E-state index contributed by atoms with van der Waals surface area (Å²) in [5.74, 6) is -0.389. The number of carbonyl (C=O) groups is 1. The van der Waals surface area contributed by atoms with Gasteiger partial charge in [0.25, 0.3) is 0 Å². The normalized spacial score (nSPS) is 12.1. The molecule has 0 radical (unpaired) electrons. The van der Waals surface area contributed by atoms with Crippen LogP contribution in [0.1, 0.15) is 16.5 Å². The average Bonchev–Trinajstić information content (AvgIpc) is 2.72. The minimum Gasteiger partial charge on any atom is -0.369 e. The van der Waals surface area contributed by atoms with Crippen LogP contribution in [-0.4, -0.2) is 5.91 Å². The van der Waals surface area contributed by atoms with Gasteiger partial charge in [-0.15, -0.1) is 11.3 Å². The molecule has 0 spiro atoms. The van der Waals surface area contributed by atoms with Gasteiger partial charge in [0.1, 0.15) is 6.04 Å². The molecule has 1 amide bonds. The minimum atomic E-state index is -0.513. The zero-order valence-corrected chi connectivity index (χ0v) is 12.2. The Bertz CT molecular complexity index is 568. The van der Waals surface area contributed by atoms with Gasteiger partial charge in [-0.3, -0.25) is 4.79 Å². The van der Waals surface area contributed by atoms with Gasteiger partial charge in [0, 0.05) is 10.2 Å². The van der Waals surface area contributed by atoms with Gasteiger partial charge in [-0.05, 0) is 52.0 Å². The van der Waals surface area contributed by atoms with E-state index < -0.39 is 6.04 Å². The number of carbonyl (C=O) groups excluding carboxylic acids is 1. The third-order valence-corrected chi connectivity index (χ3v) is 4.46. The number of nitrogens with two attached hydrogens (primary N) is 1. The maximum Gasteiger partial charge on any atom is 0.245 e. The van der Waals surface area contributed by atoms with E-state index in [2.05, 4.69) is 21.2 Å². The standard InChI is InChI=1S/C13H13BrN2OS/c1-8-3-2-4-9(7-8)16-11(13(15)17)12-10(14)5-6-18-12/h2-7,11,16H,1H3,(H2,15,17). The summed E-state index contributed by atoms with van der Waals surface area (Å²) in [6.07, 6.45) is 0. The Morgan fingerprint density at radius 3 is 2.78 bits per heavy atom. The fourth-order valence-electron chi connectivity index (χ4n) is 1.68. The van der Waals surface area contributed by atoms with Crippen LogP contribution in [0.15, 0.2) is 40.2 Å². The smallest absolute Gasteiger partial charge is 0.245 e. The van der Waals surface area contributed by atoms with Crippen molar-refractivity contribution in [2.75, 3.05) is 5.32 Å². The van der Waals surface area contributed by atoms with Crippen LogP contribution in [0, 0.1) is 6.92 Å². The summed E-state index contributed by atoms with van der Waals surface area (Å²) in [4.78, 5) is 12.5. The SMILES string of the molecule is Cc1cccc(NC(C(N)=O)c2sccc2Br)c1. The maximum absolute atomic E-state index is 11.6. The zero-order chi connectivity index (χ0) is 13.1. The molecule has 94 valence electrons. The lowest BCUT2D eigenvalue weighted by Gasteiger charge is -2.16. The van der Waals surface area contributed by atoms with Crippen LogP contribution in [0.5, 0.6) is 0 Å². The molecule has 1 aromatic carbocycles. The van der Waals surface area contributed by atoms with Gasteiger partial charge >= 0.3 is 0 Å². The Morgan fingerprint density at radius 2 is 2.22 bits per heavy atom. The summed E-state index contributed by atoms with van der Waals surface area (Å²) < 4.78 is 0.899. The summed E-state index contributed by atoms with van der Waals surface area (Å²) in [6.45, 7) is 2.01. The third-order valence-electron chi connectivity index (χ3n) is 2.52. The lowest BCUT2D eigenvalue weighted by atomic mass is 10.2. The second kappa shape index (κ2) is 5.54. The molecule has 1 unspecified atom stereocenters. The highest BCUT2D eigenvalue weighted by molar-refractivity contribution is 9.10. The van der Waals surface area contributed by atoms with Crippen molar-refractivity contribution >= 4 is 38.9 Å². The first kappa shape index (κ1) is 13.1.